The number of ether oxygens (including phenoxy) is 3. The molecule has 4 aromatic rings. The molecule has 1 atom stereocenters. The Balaban J connectivity index is 1.20. The number of hydrogen-bond donors (Lipinski definition) is 2. The van der Waals surface area contributed by atoms with Gasteiger partial charge >= 0.3 is 0 Å². The van der Waals surface area contributed by atoms with E-state index in [2.05, 4.69) is 26.3 Å². The van der Waals surface area contributed by atoms with Gasteiger partial charge < -0.3 is 29.4 Å². The Hall–Kier alpha value is -4.37. The fraction of sp³-hybridized carbons (Fsp3) is 0.250. The van der Waals surface area contributed by atoms with Gasteiger partial charge in [0, 0.05) is 54.4 Å². The van der Waals surface area contributed by atoms with Crippen LogP contribution in [-0.4, -0.2) is 41.8 Å². The average molecular weight is 498 g/mol. The van der Waals surface area contributed by atoms with E-state index in [1.54, 1.807) is 25.7 Å². The molecule has 188 valence electrons. The maximum Gasteiger partial charge on any atom is 0.271 e. The van der Waals surface area contributed by atoms with Crippen LogP contribution in [0.15, 0.2) is 71.9 Å². The van der Waals surface area contributed by atoms with Gasteiger partial charge in [-0.25, -0.2) is 0 Å². The van der Waals surface area contributed by atoms with Crippen LogP contribution in [0, 0.1) is 0 Å². The van der Waals surface area contributed by atoms with Crippen molar-refractivity contribution in [3.8, 4) is 17.2 Å². The molecule has 0 saturated carbocycles. The lowest BCUT2D eigenvalue weighted by atomic mass is 9.98. The van der Waals surface area contributed by atoms with E-state index in [0.717, 1.165) is 51.9 Å². The number of anilines is 2. The minimum absolute atomic E-state index is 0.108. The van der Waals surface area contributed by atoms with E-state index < -0.39 is 0 Å². The van der Waals surface area contributed by atoms with Gasteiger partial charge in [-0.1, -0.05) is 0 Å². The molecule has 0 spiro atoms. The van der Waals surface area contributed by atoms with Crippen LogP contribution in [0.4, 0.5) is 11.4 Å². The van der Waals surface area contributed by atoms with E-state index in [4.69, 9.17) is 14.2 Å². The standard InChI is InChI=1S/C28H27N5O4/c1-35-22-7-10-29-21(15-22)16-32-20-4-5-24-19(14-20)13-18-6-9-30-26(27(18)37-24)25-17-33(11-12-36-25)23-3-2-8-31-28(23)34/h2-10,14-15,25,32H,11-13,16-17H2,1H3,(H,31,34). The van der Waals surface area contributed by atoms with Crippen molar-refractivity contribution in [2.45, 2.75) is 19.1 Å². The highest BCUT2D eigenvalue weighted by Crippen LogP contribution is 2.42. The first-order valence-electron chi connectivity index (χ1n) is 12.2. The molecular weight excluding hydrogens is 470 g/mol. The smallest absolute Gasteiger partial charge is 0.271 e. The van der Waals surface area contributed by atoms with Crippen molar-refractivity contribution >= 4 is 11.4 Å². The molecule has 6 rings (SSSR count). The number of aromatic nitrogens is 3. The number of nitrogens with one attached hydrogen (secondary N) is 2. The number of hydrogen-bond acceptors (Lipinski definition) is 8. The van der Waals surface area contributed by atoms with Crippen molar-refractivity contribution in [3.05, 3.63) is 100.0 Å². The van der Waals surface area contributed by atoms with E-state index in [1.807, 2.05) is 47.4 Å². The fourth-order valence-electron chi connectivity index (χ4n) is 4.80. The number of nitrogens with zero attached hydrogens (tertiary/aromatic N) is 3. The molecule has 9 nitrogen and oxygen atoms in total. The van der Waals surface area contributed by atoms with Crippen molar-refractivity contribution < 1.29 is 14.2 Å². The normalized spacial score (nSPS) is 16.4. The highest BCUT2D eigenvalue weighted by molar-refractivity contribution is 5.58. The van der Waals surface area contributed by atoms with Gasteiger partial charge in [-0.15, -0.1) is 0 Å². The second-order valence-electron chi connectivity index (χ2n) is 9.02. The molecule has 2 aliphatic heterocycles. The van der Waals surface area contributed by atoms with Crippen LogP contribution in [0.5, 0.6) is 17.2 Å². The van der Waals surface area contributed by atoms with Crippen molar-refractivity contribution in [1.82, 2.24) is 15.0 Å². The zero-order chi connectivity index (χ0) is 25.2. The quantitative estimate of drug-likeness (QED) is 0.362. The molecule has 1 aromatic carbocycles. The van der Waals surface area contributed by atoms with Gasteiger partial charge in [0.1, 0.15) is 29.0 Å². The van der Waals surface area contributed by atoms with Crippen LogP contribution in [0.3, 0.4) is 0 Å². The number of benzene rings is 1. The lowest BCUT2D eigenvalue weighted by Gasteiger charge is -2.34. The van der Waals surface area contributed by atoms with Crippen molar-refractivity contribution in [3.63, 3.8) is 0 Å². The molecular formula is C28H27N5O4. The molecule has 0 bridgehead atoms. The first-order chi connectivity index (χ1) is 18.2. The van der Waals surface area contributed by atoms with E-state index in [-0.39, 0.29) is 11.7 Å². The molecule has 2 N–H and O–H groups in total. The molecule has 1 unspecified atom stereocenters. The van der Waals surface area contributed by atoms with E-state index in [1.165, 1.54) is 0 Å². The van der Waals surface area contributed by atoms with E-state index in [9.17, 15) is 4.79 Å². The van der Waals surface area contributed by atoms with Crippen molar-refractivity contribution in [1.29, 1.82) is 0 Å². The number of methoxy groups -OCH3 is 1. The Labute approximate surface area is 214 Å². The maximum atomic E-state index is 12.3. The lowest BCUT2D eigenvalue weighted by Crippen LogP contribution is -2.41. The van der Waals surface area contributed by atoms with Gasteiger partial charge in [0.15, 0.2) is 5.75 Å². The lowest BCUT2D eigenvalue weighted by molar-refractivity contribution is 0.0354. The number of rotatable bonds is 6. The second-order valence-corrected chi connectivity index (χ2v) is 9.02. The molecule has 9 heteroatoms. The maximum absolute atomic E-state index is 12.3. The van der Waals surface area contributed by atoms with Gasteiger partial charge in [-0.2, -0.15) is 0 Å². The van der Waals surface area contributed by atoms with Crippen LogP contribution >= 0.6 is 0 Å². The van der Waals surface area contributed by atoms with Gasteiger partial charge in [-0.3, -0.25) is 14.8 Å². The Morgan fingerprint density at radius 1 is 1.14 bits per heavy atom. The monoisotopic (exact) mass is 497 g/mol. The van der Waals surface area contributed by atoms with Crippen LogP contribution in [0.25, 0.3) is 0 Å². The molecule has 2 aliphatic rings. The summed E-state index contributed by atoms with van der Waals surface area (Å²) in [5.74, 6) is 2.33. The average Bonchev–Trinajstić information content (AvgIpc) is 2.95. The zero-order valence-electron chi connectivity index (χ0n) is 20.4. The summed E-state index contributed by atoms with van der Waals surface area (Å²) in [6, 6.07) is 15.5. The minimum Gasteiger partial charge on any atom is -0.497 e. The Bertz CT molecular complexity index is 1490. The van der Waals surface area contributed by atoms with Crippen LogP contribution in [-0.2, 0) is 17.7 Å². The van der Waals surface area contributed by atoms with Crippen LogP contribution in [0.2, 0.25) is 0 Å². The highest BCUT2D eigenvalue weighted by atomic mass is 16.5. The van der Waals surface area contributed by atoms with Gasteiger partial charge in [0.25, 0.3) is 5.56 Å². The first-order valence-corrected chi connectivity index (χ1v) is 12.2. The topological polar surface area (TPSA) is 102 Å². The van der Waals surface area contributed by atoms with E-state index >= 15 is 0 Å². The first kappa shape index (κ1) is 23.1. The van der Waals surface area contributed by atoms with Crippen LogP contribution < -0.4 is 25.2 Å². The van der Waals surface area contributed by atoms with Gasteiger partial charge in [0.05, 0.1) is 32.5 Å². The SMILES string of the molecule is COc1ccnc(CNc2ccc3c(c2)Cc2ccnc(C4CN(c5ccc[nH]c5=O)CCO4)c2O3)c1. The molecule has 0 amide bonds. The number of fused-ring (bicyclic) bond motifs is 2. The molecule has 1 saturated heterocycles. The Kier molecular flexibility index (Phi) is 6.20. The summed E-state index contributed by atoms with van der Waals surface area (Å²) in [6.45, 7) is 2.25. The summed E-state index contributed by atoms with van der Waals surface area (Å²) in [5, 5.41) is 3.43. The van der Waals surface area contributed by atoms with E-state index in [0.29, 0.717) is 31.9 Å². The Morgan fingerprint density at radius 3 is 2.95 bits per heavy atom. The second kappa shape index (κ2) is 9.94. The van der Waals surface area contributed by atoms with Gasteiger partial charge in [-0.05, 0) is 42.5 Å². The highest BCUT2D eigenvalue weighted by Gasteiger charge is 2.30. The summed E-state index contributed by atoms with van der Waals surface area (Å²) >= 11 is 0. The zero-order valence-corrected chi connectivity index (χ0v) is 20.4. The van der Waals surface area contributed by atoms with Crippen molar-refractivity contribution in [2.24, 2.45) is 0 Å². The third-order valence-electron chi connectivity index (χ3n) is 6.67. The summed E-state index contributed by atoms with van der Waals surface area (Å²) in [5.41, 5.74) is 5.32. The predicted octanol–water partition coefficient (Wildman–Crippen LogP) is 4.06. The largest absolute Gasteiger partial charge is 0.497 e. The molecule has 5 heterocycles. The number of pyridine rings is 3. The molecule has 1 fully saturated rings. The summed E-state index contributed by atoms with van der Waals surface area (Å²) in [4.78, 5) is 26.1. The Morgan fingerprint density at radius 2 is 2.05 bits per heavy atom. The molecule has 0 aliphatic carbocycles. The summed E-state index contributed by atoms with van der Waals surface area (Å²) in [6.07, 6.45) is 5.60. The number of aromatic amines is 1. The predicted molar refractivity (Wildman–Crippen MR) is 140 cm³/mol. The number of H-pyrrole nitrogens is 1. The molecule has 3 aromatic heterocycles. The summed E-state index contributed by atoms with van der Waals surface area (Å²) in [7, 11) is 1.65. The minimum atomic E-state index is -0.304. The van der Waals surface area contributed by atoms with Crippen LogP contribution in [0.1, 0.15) is 28.6 Å². The third kappa shape index (κ3) is 4.73. The summed E-state index contributed by atoms with van der Waals surface area (Å²) < 4.78 is 17.8. The fourth-order valence-corrected chi connectivity index (χ4v) is 4.80. The number of morpholine rings is 1. The van der Waals surface area contributed by atoms with Crippen molar-refractivity contribution in [2.75, 3.05) is 37.0 Å². The molecule has 37 heavy (non-hydrogen) atoms. The van der Waals surface area contributed by atoms with Gasteiger partial charge in [0.2, 0.25) is 0 Å². The third-order valence-corrected chi connectivity index (χ3v) is 6.67. The molecule has 0 radical (unpaired) electrons.